The molecule has 0 radical (unpaired) electrons. The summed E-state index contributed by atoms with van der Waals surface area (Å²) in [6.45, 7) is 7.29. The van der Waals surface area contributed by atoms with Crippen molar-refractivity contribution in [1.82, 2.24) is 20.5 Å². The molecule has 0 bridgehead atoms. The number of aromatic nitrogens is 1. The second-order valence-electron chi connectivity index (χ2n) is 14.1. The maximum absolute atomic E-state index is 14.8. The number of aliphatic hydroxyl groups excluding tert-OH is 2. The van der Waals surface area contributed by atoms with Crippen molar-refractivity contribution >= 4 is 23.8 Å². The van der Waals surface area contributed by atoms with Crippen molar-refractivity contribution in [2.45, 2.75) is 83.7 Å². The number of nitrogens with two attached hydrogens (primary N) is 2. The van der Waals surface area contributed by atoms with Crippen molar-refractivity contribution < 1.29 is 61.6 Å². The van der Waals surface area contributed by atoms with E-state index in [0.29, 0.717) is 38.0 Å². The fraction of sp³-hybridized carbons (Fsp3) is 0.487. The number of aliphatic hydroxyl groups is 2. The van der Waals surface area contributed by atoms with Gasteiger partial charge in [0.15, 0.2) is 0 Å². The molecule has 11 N–H and O–H groups in total. The van der Waals surface area contributed by atoms with Crippen LogP contribution in [0.1, 0.15) is 70.2 Å². The zero-order valence-electron chi connectivity index (χ0n) is 32.7. The van der Waals surface area contributed by atoms with Gasteiger partial charge in [0.05, 0.1) is 25.3 Å². The summed E-state index contributed by atoms with van der Waals surface area (Å²) in [5.74, 6) is -5.83. The van der Waals surface area contributed by atoms with Gasteiger partial charge in [-0.15, -0.1) is 0 Å². The van der Waals surface area contributed by atoms with Gasteiger partial charge in [0.25, 0.3) is 0 Å². The molecule has 0 fully saturated rings. The lowest BCUT2D eigenvalue weighted by molar-refractivity contribution is -0.192. The Bertz CT molecular complexity index is 1720. The number of amides is 2. The van der Waals surface area contributed by atoms with E-state index in [1.54, 1.807) is 0 Å². The monoisotopic (exact) mass is 830 g/mol. The molecule has 3 atom stereocenters. The molecule has 3 rings (SSSR count). The topological polar surface area (TPSA) is 242 Å². The van der Waals surface area contributed by atoms with Crippen molar-refractivity contribution in [2.24, 2.45) is 16.9 Å². The third-order valence-corrected chi connectivity index (χ3v) is 8.24. The van der Waals surface area contributed by atoms with Gasteiger partial charge in [-0.2, -0.15) is 13.2 Å². The van der Waals surface area contributed by atoms with Gasteiger partial charge in [-0.05, 0) is 74.0 Å². The van der Waals surface area contributed by atoms with Gasteiger partial charge in [0, 0.05) is 42.5 Å². The van der Waals surface area contributed by atoms with E-state index >= 15 is 0 Å². The lowest BCUT2D eigenvalue weighted by Crippen LogP contribution is -2.45. The Labute approximate surface area is 333 Å². The number of carbonyl (C=O) groups is 4. The Kier molecular flexibility index (Phi) is 22.4. The molecule has 0 saturated heterocycles. The smallest absolute Gasteiger partial charge is 0.480 e. The summed E-state index contributed by atoms with van der Waals surface area (Å²) >= 11 is 0. The third kappa shape index (κ3) is 19.0. The molecule has 19 heteroatoms. The highest BCUT2D eigenvalue weighted by Gasteiger charge is 2.38. The van der Waals surface area contributed by atoms with Crippen LogP contribution in [0.5, 0.6) is 0 Å². The first-order valence-corrected chi connectivity index (χ1v) is 18.4. The Balaban J connectivity index is 0.00000134. The Morgan fingerprint density at radius 1 is 0.879 bits per heavy atom. The zero-order valence-corrected chi connectivity index (χ0v) is 32.7. The van der Waals surface area contributed by atoms with E-state index in [1.807, 2.05) is 47.2 Å². The van der Waals surface area contributed by atoms with Crippen LogP contribution in [-0.2, 0) is 25.7 Å². The molecule has 0 spiro atoms. The van der Waals surface area contributed by atoms with Crippen molar-refractivity contribution in [3.63, 3.8) is 0 Å². The molecule has 14 nitrogen and oxygen atoms in total. The molecule has 1 heterocycles. The predicted molar refractivity (Wildman–Crippen MR) is 206 cm³/mol. The normalized spacial score (nSPS) is 12.8. The first-order valence-electron chi connectivity index (χ1n) is 18.4. The average Bonchev–Trinajstić information content (AvgIpc) is 3.55. The number of alkyl halides is 3. The van der Waals surface area contributed by atoms with Gasteiger partial charge in [0.2, 0.25) is 11.8 Å². The molecule has 2 amide bonds. The van der Waals surface area contributed by atoms with Gasteiger partial charge in [-0.1, -0.05) is 51.1 Å². The molecule has 0 unspecified atom stereocenters. The second kappa shape index (κ2) is 25.4. The van der Waals surface area contributed by atoms with E-state index in [9.17, 15) is 41.4 Å². The van der Waals surface area contributed by atoms with Crippen molar-refractivity contribution in [1.29, 1.82) is 0 Å². The molecular formula is C39H55F5N6O8. The number of hydrogen-bond acceptors (Lipinski definition) is 9. The van der Waals surface area contributed by atoms with E-state index in [-0.39, 0.29) is 56.0 Å². The Morgan fingerprint density at radius 2 is 1.50 bits per heavy atom. The molecule has 0 aliphatic rings. The zero-order chi connectivity index (χ0) is 44.1. The van der Waals surface area contributed by atoms with Crippen LogP contribution in [0.4, 0.5) is 22.0 Å². The number of hydrogen-bond donors (Lipinski definition) is 9. The van der Waals surface area contributed by atoms with Gasteiger partial charge in [-0.3, -0.25) is 9.59 Å². The van der Waals surface area contributed by atoms with Crippen LogP contribution >= 0.6 is 0 Å². The van der Waals surface area contributed by atoms with Crippen LogP contribution in [-0.4, -0.2) is 99.9 Å². The van der Waals surface area contributed by atoms with E-state index < -0.39 is 53.6 Å². The predicted octanol–water partition coefficient (Wildman–Crippen LogP) is 3.68. The number of nitrogens with one attached hydrogen (secondary N) is 3. The molecule has 2 aromatic carbocycles. The number of benzene rings is 2. The van der Waals surface area contributed by atoms with E-state index in [1.165, 1.54) is 6.07 Å². The summed E-state index contributed by atoms with van der Waals surface area (Å²) in [6.07, 6.45) is -1.54. The summed E-state index contributed by atoms with van der Waals surface area (Å²) in [5.41, 5.74) is 13.9. The quantitative estimate of drug-likeness (QED) is 0.0624. The number of carboxylic acids is 2. The van der Waals surface area contributed by atoms with Crippen LogP contribution < -0.4 is 27.4 Å². The lowest BCUT2D eigenvalue weighted by atomic mass is 9.84. The minimum absolute atomic E-state index is 0.0119. The molecule has 0 aliphatic heterocycles. The van der Waals surface area contributed by atoms with Crippen LogP contribution in [0, 0.1) is 17.0 Å². The maximum atomic E-state index is 14.8. The first-order chi connectivity index (χ1) is 27.2. The number of rotatable bonds is 19. The molecule has 58 heavy (non-hydrogen) atoms. The van der Waals surface area contributed by atoms with Crippen LogP contribution in [0.15, 0.2) is 60.8 Å². The van der Waals surface area contributed by atoms with Crippen molar-refractivity contribution in [3.05, 3.63) is 83.7 Å². The fourth-order valence-electron chi connectivity index (χ4n) is 5.37. The highest BCUT2D eigenvalue weighted by Crippen LogP contribution is 2.37. The van der Waals surface area contributed by atoms with E-state index in [0.717, 1.165) is 23.4 Å². The van der Waals surface area contributed by atoms with Crippen LogP contribution in [0.2, 0.25) is 0 Å². The fourth-order valence-corrected chi connectivity index (χ4v) is 5.37. The number of carboxylic acid groups (broad SMARTS) is 2. The van der Waals surface area contributed by atoms with Gasteiger partial charge >= 0.3 is 18.1 Å². The third-order valence-electron chi connectivity index (χ3n) is 8.24. The molecule has 3 aromatic rings. The SMILES string of the molecule is CC(C)(C)[C@@H](NCC[C@H](N)C(=O)NCCC(=O)N[C@@H](CCCCN)C(=O)O)c1cc(-c2cc(F)ccc2F)cn1Cc1ccccc1.O=C(O)C(F)(F)F.OCCO. The summed E-state index contributed by atoms with van der Waals surface area (Å²) in [7, 11) is 0. The Morgan fingerprint density at radius 3 is 2.03 bits per heavy atom. The van der Waals surface area contributed by atoms with Crippen LogP contribution in [0.25, 0.3) is 11.1 Å². The molecule has 324 valence electrons. The molecular weight excluding hydrogens is 775 g/mol. The summed E-state index contributed by atoms with van der Waals surface area (Å²) in [5, 5.41) is 40.4. The highest BCUT2D eigenvalue weighted by atomic mass is 19.4. The number of nitrogens with zero attached hydrogens (tertiary/aromatic N) is 1. The van der Waals surface area contributed by atoms with Crippen molar-refractivity contribution in [3.8, 4) is 11.1 Å². The summed E-state index contributed by atoms with van der Waals surface area (Å²) in [6, 6.07) is 13.0. The van der Waals surface area contributed by atoms with Gasteiger partial charge in [0.1, 0.15) is 17.7 Å². The van der Waals surface area contributed by atoms with Crippen LogP contribution in [0.3, 0.4) is 0 Å². The first kappa shape index (κ1) is 51.1. The largest absolute Gasteiger partial charge is 0.490 e. The number of aliphatic carboxylic acids is 2. The maximum Gasteiger partial charge on any atom is 0.490 e. The Hall–Kier alpha value is -4.95. The van der Waals surface area contributed by atoms with Gasteiger partial charge in [-0.25, -0.2) is 18.4 Å². The molecule has 0 aliphatic carbocycles. The summed E-state index contributed by atoms with van der Waals surface area (Å²) in [4.78, 5) is 45.3. The molecule has 1 aromatic heterocycles. The average molecular weight is 831 g/mol. The number of halogens is 5. The van der Waals surface area contributed by atoms with E-state index in [4.69, 9.17) is 31.6 Å². The minimum Gasteiger partial charge on any atom is -0.480 e. The second-order valence-corrected chi connectivity index (χ2v) is 14.1. The highest BCUT2D eigenvalue weighted by molar-refractivity contribution is 5.85. The summed E-state index contributed by atoms with van der Waals surface area (Å²) < 4.78 is 62.7. The lowest BCUT2D eigenvalue weighted by Gasteiger charge is -2.33. The van der Waals surface area contributed by atoms with E-state index in [2.05, 4.69) is 36.7 Å². The number of carbonyl (C=O) groups excluding carboxylic acids is 2. The standard InChI is InChI=1S/C35H48F2N6O4.C2HF3O2.C2H6O2/c1-35(2,3)32(40-17-14-28(39)33(45)41-18-15-31(44)42-29(34(46)47)11-7-8-16-38)30-19-24(26-20-25(36)12-13-27(26)37)22-43(30)21-23-9-5-4-6-10-23;3-2(4,5)1(6)7;3-1-2-4/h4-6,9-10,12-13,19-20,22,28-29,32,40H,7-8,11,14-18,21,38-39H2,1-3H3,(H,41,45)(H,42,44)(H,46,47);(H,6,7);3-4H,1-2H2/t28-,29-,32-;;/m0../s1. The minimum atomic E-state index is -5.08. The molecule has 0 saturated carbocycles. The number of unbranched alkanes of at least 4 members (excludes halogenated alkanes) is 1. The van der Waals surface area contributed by atoms with Crippen molar-refractivity contribution in [2.75, 3.05) is 32.8 Å². The van der Waals surface area contributed by atoms with Gasteiger partial charge < -0.3 is 52.4 Å².